The number of anilines is 2. The van der Waals surface area contributed by atoms with Gasteiger partial charge in [0.15, 0.2) is 0 Å². The lowest BCUT2D eigenvalue weighted by Gasteiger charge is -2.09. The minimum atomic E-state index is -0.276. The molecule has 0 saturated heterocycles. The van der Waals surface area contributed by atoms with E-state index in [0.29, 0.717) is 22.5 Å². The van der Waals surface area contributed by atoms with E-state index in [-0.39, 0.29) is 11.6 Å². The Morgan fingerprint density at radius 1 is 1.03 bits per heavy atom. The van der Waals surface area contributed by atoms with Crippen LogP contribution in [0, 0.1) is 0 Å². The highest BCUT2D eigenvalue weighted by molar-refractivity contribution is 6.30. The third-order valence-corrected chi connectivity index (χ3v) is 4.29. The Balaban J connectivity index is 1.55. The summed E-state index contributed by atoms with van der Waals surface area (Å²) in [5, 5.41) is 7.12. The number of carbonyl (C=O) groups excluding carboxylic acids is 1. The van der Waals surface area contributed by atoms with Crippen LogP contribution in [0.25, 0.3) is 10.9 Å². The third-order valence-electron chi connectivity index (χ3n) is 4.06. The summed E-state index contributed by atoms with van der Waals surface area (Å²) in [6, 6.07) is 16.1. The monoisotopic (exact) mass is 405 g/mol. The number of nitrogens with zero attached hydrogens (tertiary/aromatic N) is 3. The fourth-order valence-corrected chi connectivity index (χ4v) is 2.88. The first-order valence-corrected chi connectivity index (χ1v) is 9.14. The Morgan fingerprint density at radius 2 is 1.90 bits per heavy atom. The number of halogens is 1. The van der Waals surface area contributed by atoms with E-state index in [9.17, 15) is 4.79 Å². The van der Waals surface area contributed by atoms with E-state index in [1.807, 2.05) is 24.3 Å². The van der Waals surface area contributed by atoms with E-state index in [1.165, 1.54) is 6.20 Å². The fourth-order valence-electron chi connectivity index (χ4n) is 2.69. The van der Waals surface area contributed by atoms with Gasteiger partial charge in [0, 0.05) is 41.6 Å². The van der Waals surface area contributed by atoms with Crippen molar-refractivity contribution in [2.24, 2.45) is 0 Å². The predicted molar refractivity (Wildman–Crippen MR) is 112 cm³/mol. The van der Waals surface area contributed by atoms with Gasteiger partial charge in [0.05, 0.1) is 5.52 Å². The van der Waals surface area contributed by atoms with Crippen LogP contribution in [-0.4, -0.2) is 27.9 Å². The Kier molecular flexibility index (Phi) is 5.22. The molecule has 144 valence electrons. The van der Waals surface area contributed by atoms with E-state index in [0.717, 1.165) is 16.6 Å². The lowest BCUT2D eigenvalue weighted by atomic mass is 10.2. The molecule has 0 saturated carbocycles. The molecule has 7 nitrogen and oxygen atoms in total. The van der Waals surface area contributed by atoms with Crippen molar-refractivity contribution in [1.29, 1.82) is 0 Å². The van der Waals surface area contributed by atoms with Crippen LogP contribution in [0.4, 0.5) is 11.6 Å². The molecular formula is C21H16ClN5O2. The maximum absolute atomic E-state index is 11.7. The summed E-state index contributed by atoms with van der Waals surface area (Å²) in [5.74, 6) is 1.31. The topological polar surface area (TPSA) is 89.0 Å². The van der Waals surface area contributed by atoms with Crippen LogP contribution in [0.15, 0.2) is 67.0 Å². The molecule has 2 aromatic heterocycles. The zero-order valence-corrected chi connectivity index (χ0v) is 16.1. The quantitative estimate of drug-likeness (QED) is 0.505. The molecular weight excluding hydrogens is 390 g/mol. The maximum atomic E-state index is 11.7. The van der Waals surface area contributed by atoms with E-state index >= 15 is 0 Å². The molecule has 4 rings (SSSR count). The largest absolute Gasteiger partial charge is 0.457 e. The summed E-state index contributed by atoms with van der Waals surface area (Å²) in [6.45, 7) is 0. The number of rotatable bonds is 5. The van der Waals surface area contributed by atoms with E-state index in [1.54, 1.807) is 43.6 Å². The number of ether oxygens (including phenoxy) is 1. The fraction of sp³-hybridized carbons (Fsp3) is 0.0476. The van der Waals surface area contributed by atoms with Crippen LogP contribution in [-0.2, 0) is 0 Å². The minimum Gasteiger partial charge on any atom is -0.457 e. The van der Waals surface area contributed by atoms with Gasteiger partial charge in [0.25, 0.3) is 5.91 Å². The number of benzene rings is 2. The minimum absolute atomic E-state index is 0.276. The van der Waals surface area contributed by atoms with E-state index in [2.05, 4.69) is 25.6 Å². The van der Waals surface area contributed by atoms with Crippen LogP contribution < -0.4 is 15.4 Å². The molecule has 8 heteroatoms. The zero-order valence-electron chi connectivity index (χ0n) is 15.4. The zero-order chi connectivity index (χ0) is 20.2. The van der Waals surface area contributed by atoms with Crippen LogP contribution in [0.1, 0.15) is 10.5 Å². The molecule has 4 aromatic rings. The second-order valence-corrected chi connectivity index (χ2v) is 6.54. The number of aromatic nitrogens is 3. The number of nitrogens with one attached hydrogen (secondary N) is 2. The summed E-state index contributed by atoms with van der Waals surface area (Å²) in [5.41, 5.74) is 1.85. The van der Waals surface area contributed by atoms with Gasteiger partial charge in [-0.25, -0.2) is 9.97 Å². The van der Waals surface area contributed by atoms with Crippen molar-refractivity contribution in [3.63, 3.8) is 0 Å². The standard InChI is InChI=1S/C21H16ClN5O2/c1-23-20(28)19-11-17(7-8-24-19)29-16-5-6-18-13(9-16)12-25-21(27-18)26-15-4-2-3-14(22)10-15/h2-12H,1H3,(H,23,28)(H,25,26,27). The van der Waals surface area contributed by atoms with E-state index < -0.39 is 0 Å². The summed E-state index contributed by atoms with van der Waals surface area (Å²) in [4.78, 5) is 24.6. The van der Waals surface area contributed by atoms with E-state index in [4.69, 9.17) is 16.3 Å². The summed E-state index contributed by atoms with van der Waals surface area (Å²) in [7, 11) is 1.55. The molecule has 0 aliphatic rings. The normalized spacial score (nSPS) is 10.6. The van der Waals surface area contributed by atoms with Crippen molar-refractivity contribution in [2.75, 3.05) is 12.4 Å². The van der Waals surface area contributed by atoms with Crippen molar-refractivity contribution in [3.8, 4) is 11.5 Å². The van der Waals surface area contributed by atoms with Crippen LogP contribution in [0.2, 0.25) is 5.02 Å². The summed E-state index contributed by atoms with van der Waals surface area (Å²) < 4.78 is 5.86. The average molecular weight is 406 g/mol. The van der Waals surface area contributed by atoms with Gasteiger partial charge in [-0.15, -0.1) is 0 Å². The van der Waals surface area contributed by atoms with Gasteiger partial charge < -0.3 is 15.4 Å². The smallest absolute Gasteiger partial charge is 0.269 e. The molecule has 0 fully saturated rings. The van der Waals surface area contributed by atoms with Gasteiger partial charge in [-0.05, 0) is 42.5 Å². The molecule has 2 N–H and O–H groups in total. The first-order valence-electron chi connectivity index (χ1n) is 8.76. The molecule has 0 aliphatic heterocycles. The lowest BCUT2D eigenvalue weighted by molar-refractivity contribution is 0.0958. The molecule has 2 aromatic carbocycles. The van der Waals surface area contributed by atoms with Crippen molar-refractivity contribution in [2.45, 2.75) is 0 Å². The molecule has 0 atom stereocenters. The highest BCUT2D eigenvalue weighted by atomic mass is 35.5. The summed E-state index contributed by atoms with van der Waals surface area (Å²) in [6.07, 6.45) is 3.24. The molecule has 1 amide bonds. The van der Waals surface area contributed by atoms with Gasteiger partial charge in [-0.2, -0.15) is 0 Å². The first-order chi connectivity index (χ1) is 14.1. The van der Waals surface area contributed by atoms with Crippen molar-refractivity contribution in [3.05, 3.63) is 77.7 Å². The lowest BCUT2D eigenvalue weighted by Crippen LogP contribution is -2.18. The number of fused-ring (bicyclic) bond motifs is 1. The average Bonchev–Trinajstić information content (AvgIpc) is 2.73. The van der Waals surface area contributed by atoms with Crippen molar-refractivity contribution >= 4 is 40.0 Å². The van der Waals surface area contributed by atoms with Crippen molar-refractivity contribution < 1.29 is 9.53 Å². The SMILES string of the molecule is CNC(=O)c1cc(Oc2ccc3nc(Nc4cccc(Cl)c4)ncc3c2)ccn1. The Hall–Kier alpha value is -3.71. The molecule has 0 unspecified atom stereocenters. The number of hydrogen-bond donors (Lipinski definition) is 2. The Morgan fingerprint density at radius 3 is 2.72 bits per heavy atom. The third kappa shape index (κ3) is 4.41. The molecule has 0 radical (unpaired) electrons. The van der Waals surface area contributed by atoms with Gasteiger partial charge in [-0.1, -0.05) is 17.7 Å². The highest BCUT2D eigenvalue weighted by Crippen LogP contribution is 2.26. The Bertz CT molecular complexity index is 1200. The Labute approximate surface area is 171 Å². The molecule has 2 heterocycles. The number of pyridine rings is 1. The van der Waals surface area contributed by atoms with Gasteiger partial charge in [-0.3, -0.25) is 9.78 Å². The second kappa shape index (κ2) is 8.12. The predicted octanol–water partition coefficient (Wildman–Crippen LogP) is 4.57. The molecule has 0 bridgehead atoms. The molecule has 0 aliphatic carbocycles. The molecule has 29 heavy (non-hydrogen) atoms. The summed E-state index contributed by atoms with van der Waals surface area (Å²) >= 11 is 6.00. The van der Waals surface area contributed by atoms with Crippen LogP contribution in [0.5, 0.6) is 11.5 Å². The maximum Gasteiger partial charge on any atom is 0.269 e. The highest BCUT2D eigenvalue weighted by Gasteiger charge is 2.08. The number of hydrogen-bond acceptors (Lipinski definition) is 6. The van der Waals surface area contributed by atoms with Gasteiger partial charge in [0.1, 0.15) is 17.2 Å². The number of carbonyl (C=O) groups is 1. The van der Waals surface area contributed by atoms with Gasteiger partial charge >= 0.3 is 0 Å². The van der Waals surface area contributed by atoms with Crippen molar-refractivity contribution in [1.82, 2.24) is 20.3 Å². The number of amides is 1. The second-order valence-electron chi connectivity index (χ2n) is 6.11. The van der Waals surface area contributed by atoms with Crippen LogP contribution >= 0.6 is 11.6 Å². The molecule has 0 spiro atoms. The first kappa shape index (κ1) is 18.6. The van der Waals surface area contributed by atoms with Crippen LogP contribution in [0.3, 0.4) is 0 Å². The van der Waals surface area contributed by atoms with Gasteiger partial charge in [0.2, 0.25) is 5.95 Å².